The van der Waals surface area contributed by atoms with Gasteiger partial charge in [-0.25, -0.2) is 8.42 Å². The molecule has 1 unspecified atom stereocenters. The maximum Gasteiger partial charge on any atom is 0.243 e. The molecule has 178 valence electrons. The van der Waals surface area contributed by atoms with Gasteiger partial charge in [-0.05, 0) is 49.7 Å². The fourth-order valence-corrected chi connectivity index (χ4v) is 4.88. The van der Waals surface area contributed by atoms with Crippen LogP contribution in [0.5, 0.6) is 5.75 Å². The summed E-state index contributed by atoms with van der Waals surface area (Å²) in [4.78, 5) is 26.9. The number of rotatable bonds is 8. The number of likely N-dealkylation sites (N-methyl/N-ethyl adjacent to an activating group) is 1. The first-order valence-corrected chi connectivity index (χ1v) is 12.0. The average molecular weight is 476 g/mol. The Morgan fingerprint density at radius 1 is 1.21 bits per heavy atom. The van der Waals surface area contributed by atoms with Crippen LogP contribution in [0.2, 0.25) is 0 Å². The molecule has 1 aliphatic rings. The SMILES string of the molecule is COCCOc1ccc(S(=O)(=O)N(C)CC(=O)N2c3ccccc3NC(=O)CC2C)cc1C. The van der Waals surface area contributed by atoms with E-state index in [0.29, 0.717) is 35.9 Å². The van der Waals surface area contributed by atoms with Gasteiger partial charge in [0.2, 0.25) is 21.8 Å². The van der Waals surface area contributed by atoms with Crippen LogP contribution in [0.1, 0.15) is 18.9 Å². The van der Waals surface area contributed by atoms with Gasteiger partial charge in [0.25, 0.3) is 0 Å². The number of hydrogen-bond acceptors (Lipinski definition) is 6. The predicted molar refractivity (Wildman–Crippen MR) is 125 cm³/mol. The minimum atomic E-state index is -3.93. The van der Waals surface area contributed by atoms with E-state index in [1.165, 1.54) is 24.1 Å². The molecule has 0 aliphatic carbocycles. The summed E-state index contributed by atoms with van der Waals surface area (Å²) >= 11 is 0. The molecule has 3 rings (SSSR count). The van der Waals surface area contributed by atoms with Gasteiger partial charge < -0.3 is 19.7 Å². The van der Waals surface area contributed by atoms with Gasteiger partial charge in [0.1, 0.15) is 12.4 Å². The molecule has 0 bridgehead atoms. The van der Waals surface area contributed by atoms with E-state index in [1.54, 1.807) is 51.3 Å². The van der Waals surface area contributed by atoms with Crippen molar-refractivity contribution in [2.75, 3.05) is 44.1 Å². The summed E-state index contributed by atoms with van der Waals surface area (Å²) in [6.45, 7) is 3.92. The number of carbonyl (C=O) groups is 2. The van der Waals surface area contributed by atoms with E-state index in [-0.39, 0.29) is 23.8 Å². The van der Waals surface area contributed by atoms with Crippen molar-refractivity contribution in [1.82, 2.24) is 4.31 Å². The van der Waals surface area contributed by atoms with Crippen molar-refractivity contribution in [2.45, 2.75) is 31.2 Å². The molecule has 0 saturated carbocycles. The van der Waals surface area contributed by atoms with Crippen LogP contribution in [-0.2, 0) is 24.3 Å². The number of ether oxygens (including phenoxy) is 2. The van der Waals surface area contributed by atoms with Crippen molar-refractivity contribution in [3.8, 4) is 5.75 Å². The van der Waals surface area contributed by atoms with Crippen LogP contribution in [-0.4, -0.2) is 64.5 Å². The van der Waals surface area contributed by atoms with Gasteiger partial charge in [-0.15, -0.1) is 0 Å². The Labute approximate surface area is 194 Å². The Bertz CT molecular complexity index is 1130. The molecule has 0 spiro atoms. The van der Waals surface area contributed by atoms with Crippen molar-refractivity contribution in [3.63, 3.8) is 0 Å². The van der Waals surface area contributed by atoms with E-state index >= 15 is 0 Å². The molecular weight excluding hydrogens is 446 g/mol. The van der Waals surface area contributed by atoms with Gasteiger partial charge in [0.05, 0.1) is 29.4 Å². The second kappa shape index (κ2) is 10.3. The summed E-state index contributed by atoms with van der Waals surface area (Å²) < 4.78 is 37.9. The fourth-order valence-electron chi connectivity index (χ4n) is 3.68. The van der Waals surface area contributed by atoms with Gasteiger partial charge >= 0.3 is 0 Å². The molecule has 2 aromatic rings. The van der Waals surface area contributed by atoms with Crippen LogP contribution in [0.4, 0.5) is 11.4 Å². The molecule has 33 heavy (non-hydrogen) atoms. The second-order valence-corrected chi connectivity index (χ2v) is 9.96. The van der Waals surface area contributed by atoms with Crippen molar-refractivity contribution in [3.05, 3.63) is 48.0 Å². The van der Waals surface area contributed by atoms with Crippen molar-refractivity contribution in [2.24, 2.45) is 0 Å². The first-order chi connectivity index (χ1) is 15.6. The third-order valence-corrected chi connectivity index (χ3v) is 7.18. The molecular formula is C23H29N3O6S. The van der Waals surface area contributed by atoms with Gasteiger partial charge in [0.15, 0.2) is 0 Å². The van der Waals surface area contributed by atoms with E-state index in [9.17, 15) is 18.0 Å². The van der Waals surface area contributed by atoms with E-state index in [2.05, 4.69) is 5.32 Å². The molecule has 2 aromatic carbocycles. The minimum Gasteiger partial charge on any atom is -0.491 e. The number of methoxy groups -OCH3 is 1. The number of fused-ring (bicyclic) bond motifs is 1. The third-order valence-electron chi connectivity index (χ3n) is 5.39. The number of benzene rings is 2. The zero-order valence-corrected chi connectivity index (χ0v) is 20.0. The van der Waals surface area contributed by atoms with Crippen LogP contribution < -0.4 is 15.0 Å². The largest absolute Gasteiger partial charge is 0.491 e. The minimum absolute atomic E-state index is 0.0653. The molecule has 0 aromatic heterocycles. The summed E-state index contributed by atoms with van der Waals surface area (Å²) in [5.74, 6) is -0.0554. The number of aryl methyl sites for hydroxylation is 1. The molecule has 2 amide bonds. The Hall–Kier alpha value is -2.95. The lowest BCUT2D eigenvalue weighted by molar-refractivity contribution is -0.119. The summed E-state index contributed by atoms with van der Waals surface area (Å²) in [5, 5.41) is 2.79. The Kier molecular flexibility index (Phi) is 7.72. The molecule has 1 aliphatic heterocycles. The van der Waals surface area contributed by atoms with Gasteiger partial charge in [-0.1, -0.05) is 12.1 Å². The molecule has 10 heteroatoms. The topological polar surface area (TPSA) is 105 Å². The summed E-state index contributed by atoms with van der Waals surface area (Å²) in [7, 11) is -0.993. The van der Waals surface area contributed by atoms with E-state index in [4.69, 9.17) is 9.47 Å². The monoisotopic (exact) mass is 475 g/mol. The van der Waals surface area contributed by atoms with Crippen LogP contribution in [0.25, 0.3) is 0 Å². The highest BCUT2D eigenvalue weighted by Crippen LogP contribution is 2.31. The van der Waals surface area contributed by atoms with Crippen LogP contribution >= 0.6 is 0 Å². The Balaban J connectivity index is 1.80. The highest BCUT2D eigenvalue weighted by Gasteiger charge is 2.32. The number of anilines is 2. The number of hydrogen-bond donors (Lipinski definition) is 1. The molecule has 1 atom stereocenters. The van der Waals surface area contributed by atoms with Crippen molar-refractivity contribution in [1.29, 1.82) is 0 Å². The van der Waals surface area contributed by atoms with E-state index in [1.807, 2.05) is 0 Å². The lowest BCUT2D eigenvalue weighted by Gasteiger charge is -2.29. The predicted octanol–water partition coefficient (Wildman–Crippen LogP) is 2.40. The first-order valence-electron chi connectivity index (χ1n) is 10.5. The fraction of sp³-hybridized carbons (Fsp3) is 0.391. The van der Waals surface area contributed by atoms with E-state index < -0.39 is 22.0 Å². The number of amides is 2. The van der Waals surface area contributed by atoms with Gasteiger partial charge in [-0.3, -0.25) is 9.59 Å². The van der Waals surface area contributed by atoms with Gasteiger partial charge in [-0.2, -0.15) is 4.31 Å². The van der Waals surface area contributed by atoms with Crippen LogP contribution in [0.15, 0.2) is 47.4 Å². The van der Waals surface area contributed by atoms with Crippen LogP contribution in [0.3, 0.4) is 0 Å². The molecule has 0 saturated heterocycles. The number of nitrogens with one attached hydrogen (secondary N) is 1. The van der Waals surface area contributed by atoms with Crippen LogP contribution in [0, 0.1) is 6.92 Å². The summed E-state index contributed by atoms with van der Waals surface area (Å²) in [5.41, 5.74) is 1.72. The zero-order chi connectivity index (χ0) is 24.2. The lowest BCUT2D eigenvalue weighted by atomic mass is 10.1. The molecule has 9 nitrogen and oxygen atoms in total. The highest BCUT2D eigenvalue weighted by molar-refractivity contribution is 7.89. The van der Waals surface area contributed by atoms with Gasteiger partial charge in [0, 0.05) is 26.6 Å². The maximum absolute atomic E-state index is 13.2. The Morgan fingerprint density at radius 3 is 2.64 bits per heavy atom. The summed E-state index contributed by atoms with van der Waals surface area (Å²) in [6, 6.07) is 11.1. The quantitative estimate of drug-likeness (QED) is 0.588. The normalized spacial score (nSPS) is 16.2. The Morgan fingerprint density at radius 2 is 1.94 bits per heavy atom. The molecule has 1 heterocycles. The summed E-state index contributed by atoms with van der Waals surface area (Å²) in [6.07, 6.45) is 0.112. The first kappa shape index (κ1) is 24.7. The third kappa shape index (κ3) is 5.52. The standard InChI is InChI=1S/C23H29N3O6S/c1-16-13-18(9-10-21(16)32-12-11-31-4)33(29,30)25(3)15-23(28)26-17(2)14-22(27)24-19-7-5-6-8-20(19)26/h5-10,13,17H,11-12,14-15H2,1-4H3,(H,24,27). The number of carbonyl (C=O) groups excluding carboxylic acids is 2. The molecule has 1 N–H and O–H groups in total. The zero-order valence-electron chi connectivity index (χ0n) is 19.2. The smallest absolute Gasteiger partial charge is 0.243 e. The number of para-hydroxylation sites is 2. The van der Waals surface area contributed by atoms with Crippen molar-refractivity contribution >= 4 is 33.2 Å². The lowest BCUT2D eigenvalue weighted by Crippen LogP contribution is -2.45. The number of nitrogens with zero attached hydrogens (tertiary/aromatic N) is 2. The maximum atomic E-state index is 13.2. The highest BCUT2D eigenvalue weighted by atomic mass is 32.2. The molecule has 0 fully saturated rings. The van der Waals surface area contributed by atoms with Crippen molar-refractivity contribution < 1.29 is 27.5 Å². The second-order valence-electron chi connectivity index (χ2n) is 7.91. The number of sulfonamides is 1. The molecule has 0 radical (unpaired) electrons. The average Bonchev–Trinajstić information content (AvgIpc) is 2.88. The van der Waals surface area contributed by atoms with E-state index in [0.717, 1.165) is 4.31 Å².